The number of aromatic nitrogens is 3. The number of nitriles is 1. The molecular weight excluding hydrogens is 1150 g/mol. The van der Waals surface area contributed by atoms with Gasteiger partial charge in [-0.15, -0.1) is 24.8 Å². The Morgan fingerprint density at radius 3 is 1.99 bits per heavy atom. The van der Waals surface area contributed by atoms with E-state index in [1.54, 1.807) is 6.19 Å². The fourth-order valence-electron chi connectivity index (χ4n) is 5.06. The molecule has 5 rings (SSSR count). The smallest absolute Gasteiger partial charge is 0.747 e. The Morgan fingerprint density at radius 2 is 1.37 bits per heavy atom. The Morgan fingerprint density at radius 1 is 0.732 bits per heavy atom. The number of hydrogen-bond donors (Lipinski definition) is 4. The van der Waals surface area contributed by atoms with Crippen LogP contribution in [-0.4, -0.2) is 85.6 Å². The summed E-state index contributed by atoms with van der Waals surface area (Å²) in [6, 6.07) is 8.02. The molecule has 0 saturated heterocycles. The maximum absolute atomic E-state index is 12.9. The van der Waals surface area contributed by atoms with E-state index < -0.39 is 107 Å². The number of anilines is 4. The van der Waals surface area contributed by atoms with Gasteiger partial charge < -0.3 is 39.9 Å². The third kappa shape index (κ3) is 20.7. The predicted molar refractivity (Wildman–Crippen MR) is 214 cm³/mol. The molecule has 352 valence electrons. The summed E-state index contributed by atoms with van der Waals surface area (Å²) in [5, 5.41) is 69.1. The molecule has 1 aromatic heterocycles. The van der Waals surface area contributed by atoms with Gasteiger partial charge in [0.05, 0.1) is 49.7 Å². The van der Waals surface area contributed by atoms with Crippen LogP contribution in [0.2, 0.25) is 5.28 Å². The Hall–Kier alpha value is -0.570. The van der Waals surface area contributed by atoms with E-state index in [1.807, 2.05) is 0 Å². The average molecular weight is 1170 g/mol. The first-order valence-electron chi connectivity index (χ1n) is 16.5. The van der Waals surface area contributed by atoms with Gasteiger partial charge in [0, 0.05) is 16.5 Å². The maximum atomic E-state index is 12.9. The summed E-state index contributed by atoms with van der Waals surface area (Å²) in [4.78, 5) is 8.04. The van der Waals surface area contributed by atoms with Gasteiger partial charge in [-0.2, -0.15) is 24.5 Å². The first-order chi connectivity index (χ1) is 31.0. The molecule has 0 spiro atoms. The number of nitrogens with one attached hydrogen (secondary N) is 3. The minimum atomic E-state index is -5.56. The van der Waals surface area contributed by atoms with Gasteiger partial charge in [-0.25, -0.2) is 33.7 Å². The second-order valence-corrected chi connectivity index (χ2v) is 19.6. The zero-order valence-corrected chi connectivity index (χ0v) is 52.2. The summed E-state index contributed by atoms with van der Waals surface area (Å²) < 4.78 is 147. The molecule has 0 radical (unpaired) electrons. The van der Waals surface area contributed by atoms with E-state index in [-0.39, 0.29) is 211 Å². The van der Waals surface area contributed by atoms with Gasteiger partial charge in [-0.1, -0.05) is 0 Å². The fraction of sp³-hybridized carbons (Fsp3) is 0.103. The molecule has 0 aliphatic carbocycles. The van der Waals surface area contributed by atoms with Crippen molar-refractivity contribution >= 4 is 133 Å². The molecule has 4 aromatic carbocycles. The molecule has 5 aromatic rings. The number of phenols is 1. The summed E-state index contributed by atoms with van der Waals surface area (Å²) in [7, 11) is -20.3. The van der Waals surface area contributed by atoms with Gasteiger partial charge in [0.25, 0.3) is 0 Å². The molecule has 0 bridgehead atoms. The summed E-state index contributed by atoms with van der Waals surface area (Å²) in [6.45, 7) is -0.618. The molecule has 0 atom stereocenters. The van der Waals surface area contributed by atoms with Crippen LogP contribution in [0.3, 0.4) is 0 Å². The van der Waals surface area contributed by atoms with Crippen molar-refractivity contribution in [2.45, 2.75) is 19.6 Å². The van der Waals surface area contributed by atoms with Crippen LogP contribution in [0, 0.1) is 11.5 Å². The number of sulfone groups is 1. The monoisotopic (exact) mass is 1170 g/mol. The predicted octanol–water partition coefficient (Wildman–Crippen LogP) is -12.6. The van der Waals surface area contributed by atoms with Gasteiger partial charge in [-0.05, 0) is 66.2 Å². The Kier molecular flexibility index (Phi) is 31.3. The van der Waals surface area contributed by atoms with Gasteiger partial charge in [0.15, 0.2) is 34.1 Å². The fourth-order valence-corrected chi connectivity index (χ4v) is 8.77. The van der Waals surface area contributed by atoms with Crippen molar-refractivity contribution in [2.75, 3.05) is 34.2 Å². The van der Waals surface area contributed by atoms with Gasteiger partial charge in [0.2, 0.25) is 17.2 Å². The van der Waals surface area contributed by atoms with E-state index in [0.717, 1.165) is 48.5 Å². The molecule has 0 saturated carbocycles. The normalized spacial score (nSPS) is 11.6. The van der Waals surface area contributed by atoms with Gasteiger partial charge >= 0.3 is 148 Å². The molecule has 71 heavy (non-hydrogen) atoms. The van der Waals surface area contributed by atoms with E-state index >= 15 is 0 Å². The summed E-state index contributed by atoms with van der Waals surface area (Å²) in [6.07, 6.45) is 1.57. The first kappa shape index (κ1) is 70.4. The van der Waals surface area contributed by atoms with Crippen LogP contribution in [0.1, 0.15) is 0 Å². The van der Waals surface area contributed by atoms with Gasteiger partial charge in [-0.3, -0.25) is 19.6 Å². The minimum Gasteiger partial charge on any atom is -0.747 e. The number of benzene rings is 4. The number of fused-ring (bicyclic) bond motifs is 1. The number of nitrogens with zero attached hydrogens (tertiary/aromatic N) is 8. The molecular formula is C29H19ClN11Na5O19S6. The number of hydrogen-bond acceptors (Lipinski definition) is 32. The molecule has 0 aliphatic rings. The topological polar surface area (TPSA) is 466 Å². The maximum Gasteiger partial charge on any atom is 1.00 e. The number of rotatable bonds is 22. The largest absolute Gasteiger partial charge is 1.00 e. The van der Waals surface area contributed by atoms with Crippen LogP contribution in [-0.2, 0) is 63.1 Å². The third-order valence-electron chi connectivity index (χ3n) is 7.67. The number of aromatic hydroxyl groups is 1. The van der Waals surface area contributed by atoms with Crippen LogP contribution in [0.4, 0.5) is 46.0 Å². The average Bonchev–Trinajstić information content (AvgIpc) is 3.22. The third-order valence-corrected chi connectivity index (χ3v) is 12.8. The van der Waals surface area contributed by atoms with Gasteiger partial charge in [0.1, 0.15) is 59.0 Å². The van der Waals surface area contributed by atoms with E-state index in [0.29, 0.717) is 6.07 Å². The number of phenolic OH excluding ortho intramolecular Hbond substituents is 1. The molecule has 42 heteroatoms. The Balaban J connectivity index is 0.00000980. The quantitative estimate of drug-likeness (QED) is 0.00575. The zero-order chi connectivity index (χ0) is 48.5. The molecule has 30 nitrogen and oxygen atoms in total. The van der Waals surface area contributed by atoms with Crippen molar-refractivity contribution in [1.29, 1.82) is 5.26 Å². The van der Waals surface area contributed by atoms with E-state index in [2.05, 4.69) is 74.3 Å². The molecule has 0 amide bonds. The van der Waals surface area contributed by atoms with Crippen molar-refractivity contribution in [2.24, 2.45) is 20.5 Å². The molecule has 0 fully saturated rings. The van der Waals surface area contributed by atoms with E-state index in [4.69, 9.17) is 16.9 Å². The number of halogens is 1. The van der Waals surface area contributed by atoms with E-state index in [1.165, 1.54) is 0 Å². The van der Waals surface area contributed by atoms with Crippen molar-refractivity contribution in [3.63, 3.8) is 0 Å². The van der Waals surface area contributed by atoms with Crippen molar-refractivity contribution in [3.8, 4) is 11.9 Å². The van der Waals surface area contributed by atoms with E-state index in [9.17, 15) is 63.0 Å². The van der Waals surface area contributed by atoms with Crippen LogP contribution in [0.5, 0.6) is 5.75 Å². The molecule has 0 unspecified atom stereocenters. The SMILES string of the molecule is N#CNc1nc(Cl)nc(Nc2ccc(S(=O)(=O)[O-])c(N=Nc3c(SOO[O-])cc4c(N=Nc5ccc(S(=O)(=O)CCOSOO[O-])cc5S(=O)(=O)[O-])c(NCS(=O)(=O)[O-])ccc4c3O)c2)n1.[Na+].[Na+].[Na+].[Na+].[Na+]. The second-order valence-electron chi connectivity index (χ2n) is 11.8. The Bertz CT molecular complexity index is 3250. The van der Waals surface area contributed by atoms with Crippen molar-refractivity contribution < 1.29 is 234 Å². The molecule has 1 heterocycles. The standard InChI is InChI=1S/C29H24ClN11O19S6.5Na/c30-27-35-28(32-12-31)37-29(36-27)34-14-1-6-22(65(50,51)52)20(9-14)39-41-25-21(61-59-57-43)11-17-16(26(25)42)3-5-19(33-13-64(47,48)49)24(17)40-38-18-4-2-15(10-23(18)66(53,54)55)63(45,46)8-7-56-62-60-58-44;;;;;/h1-6,9-11,33,42-44H,7-8,13H2,(H,47,48,49)(H,50,51,52)(H,53,54,55)(H2,32,34,35,36,37);;;;;/q;5*+1/p-5. The summed E-state index contributed by atoms with van der Waals surface area (Å²) in [5.41, 5.74) is -3.05. The Labute approximate surface area is 525 Å². The van der Waals surface area contributed by atoms with Crippen LogP contribution < -0.4 is 174 Å². The summed E-state index contributed by atoms with van der Waals surface area (Å²) in [5.74, 6) is -3.58. The number of azo groups is 2. The summed E-state index contributed by atoms with van der Waals surface area (Å²) >= 11 is 5.90. The molecule has 0 aliphatic heterocycles. The van der Waals surface area contributed by atoms with Crippen LogP contribution in [0.15, 0.2) is 94.6 Å². The van der Waals surface area contributed by atoms with Crippen LogP contribution >= 0.6 is 36.0 Å². The minimum absolute atomic E-state index is 0. The van der Waals surface area contributed by atoms with Crippen molar-refractivity contribution in [3.05, 3.63) is 59.9 Å². The van der Waals surface area contributed by atoms with Crippen LogP contribution in [0.25, 0.3) is 10.8 Å². The zero-order valence-electron chi connectivity index (χ0n) is 36.5. The first-order valence-corrected chi connectivity index (χ1v) is 24.4. The molecule has 4 N–H and O–H groups in total. The second kappa shape index (κ2) is 31.6. The van der Waals surface area contributed by atoms with Crippen molar-refractivity contribution in [1.82, 2.24) is 15.0 Å².